The van der Waals surface area contributed by atoms with Crippen LogP contribution in [0.4, 0.5) is 14.5 Å². The Bertz CT molecular complexity index is 1170. The van der Waals surface area contributed by atoms with Crippen molar-refractivity contribution >= 4 is 17.6 Å². The lowest BCUT2D eigenvalue weighted by atomic mass is 10.2. The molecule has 0 saturated carbocycles. The van der Waals surface area contributed by atoms with Crippen molar-refractivity contribution in [2.75, 3.05) is 44.3 Å². The van der Waals surface area contributed by atoms with Crippen LogP contribution in [0.5, 0.6) is 5.75 Å². The first-order chi connectivity index (χ1) is 17.5. The van der Waals surface area contributed by atoms with Gasteiger partial charge in [-0.15, -0.1) is 0 Å². The van der Waals surface area contributed by atoms with Crippen LogP contribution in [0.15, 0.2) is 59.5 Å². The number of halogens is 2. The molecule has 0 atom stereocenters. The monoisotopic (exact) mass is 516 g/mol. The molecule has 0 amide bonds. The van der Waals surface area contributed by atoms with Gasteiger partial charge in [-0.2, -0.15) is 9.78 Å². The highest BCUT2D eigenvalue weighted by molar-refractivity contribution is 7.96. The highest BCUT2D eigenvalue weighted by Crippen LogP contribution is 2.28. The fourth-order valence-corrected chi connectivity index (χ4v) is 4.94. The minimum absolute atomic E-state index is 0.00342. The number of rotatable bonds is 11. The van der Waals surface area contributed by atoms with Gasteiger partial charge >= 0.3 is 5.56 Å². The van der Waals surface area contributed by atoms with Gasteiger partial charge in [0.25, 0.3) is 0 Å². The lowest BCUT2D eigenvalue weighted by Crippen LogP contribution is -2.44. The van der Waals surface area contributed by atoms with Crippen LogP contribution in [0, 0.1) is 11.6 Å². The maximum absolute atomic E-state index is 13.8. The topological polar surface area (TPSA) is 70.8 Å². The van der Waals surface area contributed by atoms with Gasteiger partial charge < -0.3 is 14.7 Å². The zero-order valence-electron chi connectivity index (χ0n) is 20.0. The quantitative estimate of drug-likeness (QED) is 0.305. The van der Waals surface area contributed by atoms with Gasteiger partial charge in [-0.25, -0.2) is 13.1 Å². The summed E-state index contributed by atoms with van der Waals surface area (Å²) in [6, 6.07) is 13.2. The van der Waals surface area contributed by atoms with Gasteiger partial charge in [0, 0.05) is 44.6 Å². The highest BCUT2D eigenvalue weighted by atomic mass is 32.2. The van der Waals surface area contributed by atoms with Crippen molar-refractivity contribution in [3.05, 3.63) is 82.3 Å². The molecule has 1 aromatic heterocycles. The average molecular weight is 517 g/mol. The summed E-state index contributed by atoms with van der Waals surface area (Å²) in [4.78, 5) is 15.4. The Morgan fingerprint density at radius 2 is 1.69 bits per heavy atom. The number of hydrogen-bond acceptors (Lipinski definition) is 7. The van der Waals surface area contributed by atoms with Gasteiger partial charge in [0.15, 0.2) is 0 Å². The van der Waals surface area contributed by atoms with E-state index in [0.717, 1.165) is 48.1 Å². The summed E-state index contributed by atoms with van der Waals surface area (Å²) in [5, 5.41) is 13.2. The fraction of sp³-hybridized carbons (Fsp3) is 0.385. The lowest BCUT2D eigenvalue weighted by molar-refractivity contribution is 0.264. The summed E-state index contributed by atoms with van der Waals surface area (Å²) < 4.78 is 36.8. The fourth-order valence-electron chi connectivity index (χ4n) is 4.00. The molecule has 1 fully saturated rings. The first-order valence-corrected chi connectivity index (χ1v) is 13.0. The van der Waals surface area contributed by atoms with E-state index in [1.807, 2.05) is 18.2 Å². The Kier molecular flexibility index (Phi) is 9.32. The molecule has 4 rings (SSSR count). The first-order valence-electron chi connectivity index (χ1n) is 12.0. The molecule has 7 nitrogen and oxygen atoms in total. The molecular weight excluding hydrogens is 486 g/mol. The molecule has 192 valence electrons. The number of benzene rings is 2. The molecule has 36 heavy (non-hydrogen) atoms. The Balaban J connectivity index is 1.50. The third kappa shape index (κ3) is 6.83. The molecule has 3 aromatic rings. The van der Waals surface area contributed by atoms with E-state index in [0.29, 0.717) is 31.6 Å². The summed E-state index contributed by atoms with van der Waals surface area (Å²) in [5.74, 6) is -0.578. The standard InChI is InChI=1S/C26H30F2N4O3S/c27-21-15-22(28)17-23(16-21)32-26(34)25(35-14-6-2-5-13-33)24(18-29-32)30-9-11-31(12-10-30)36-19-20-7-3-1-4-8-20/h1,3-4,7-8,15-18,33H,2,5-6,9-14,19H2. The zero-order valence-corrected chi connectivity index (χ0v) is 20.8. The van der Waals surface area contributed by atoms with Crippen LogP contribution in [0.2, 0.25) is 0 Å². The molecule has 0 bridgehead atoms. The van der Waals surface area contributed by atoms with Crippen molar-refractivity contribution in [2.24, 2.45) is 0 Å². The van der Waals surface area contributed by atoms with E-state index < -0.39 is 17.2 Å². The second kappa shape index (κ2) is 12.8. The maximum Gasteiger partial charge on any atom is 0.316 e. The van der Waals surface area contributed by atoms with Gasteiger partial charge in [0.2, 0.25) is 5.75 Å². The largest absolute Gasteiger partial charge is 0.486 e. The minimum atomic E-state index is -0.793. The van der Waals surface area contributed by atoms with Gasteiger partial charge in [-0.1, -0.05) is 42.3 Å². The predicted molar refractivity (Wildman–Crippen MR) is 138 cm³/mol. The van der Waals surface area contributed by atoms with E-state index in [2.05, 4.69) is 26.4 Å². The van der Waals surface area contributed by atoms with Crippen LogP contribution >= 0.6 is 11.9 Å². The molecule has 0 aliphatic carbocycles. The van der Waals surface area contributed by atoms with E-state index in [-0.39, 0.29) is 24.7 Å². The van der Waals surface area contributed by atoms with Gasteiger partial charge in [-0.05, 0) is 37.0 Å². The van der Waals surface area contributed by atoms with Crippen LogP contribution in [-0.4, -0.2) is 58.6 Å². The van der Waals surface area contributed by atoms with Crippen LogP contribution in [0.25, 0.3) is 5.69 Å². The SMILES string of the molecule is O=c1c(OCCCCCO)c(N2CCN(SCc3ccccc3)CC2)cnn1-c1cc(F)cc(F)c1. The minimum Gasteiger partial charge on any atom is -0.486 e. The first kappa shape index (κ1) is 26.1. The number of hydrogen-bond donors (Lipinski definition) is 1. The smallest absolute Gasteiger partial charge is 0.316 e. The third-order valence-corrected chi connectivity index (χ3v) is 7.08. The lowest BCUT2D eigenvalue weighted by Gasteiger charge is -2.35. The number of aliphatic hydroxyl groups is 1. The van der Waals surface area contributed by atoms with E-state index in [9.17, 15) is 13.6 Å². The average Bonchev–Trinajstić information content (AvgIpc) is 2.88. The van der Waals surface area contributed by atoms with Gasteiger partial charge in [-0.3, -0.25) is 4.79 Å². The summed E-state index contributed by atoms with van der Waals surface area (Å²) in [6.07, 6.45) is 3.61. The van der Waals surface area contributed by atoms with Crippen molar-refractivity contribution in [2.45, 2.75) is 25.0 Å². The van der Waals surface area contributed by atoms with Crippen molar-refractivity contribution in [3.8, 4) is 11.4 Å². The normalized spacial score (nSPS) is 14.2. The second-order valence-electron chi connectivity index (χ2n) is 8.51. The summed E-state index contributed by atoms with van der Waals surface area (Å²) in [5.41, 5.74) is 1.27. The summed E-state index contributed by atoms with van der Waals surface area (Å²) >= 11 is 1.78. The Labute approximate surface area is 213 Å². The Morgan fingerprint density at radius 1 is 0.972 bits per heavy atom. The van der Waals surface area contributed by atoms with E-state index in [1.165, 1.54) is 11.8 Å². The van der Waals surface area contributed by atoms with Crippen molar-refractivity contribution < 1.29 is 18.6 Å². The number of ether oxygens (including phenoxy) is 1. The van der Waals surface area contributed by atoms with Gasteiger partial charge in [0.1, 0.15) is 17.3 Å². The Morgan fingerprint density at radius 3 is 2.39 bits per heavy atom. The maximum atomic E-state index is 13.8. The molecule has 10 heteroatoms. The number of anilines is 1. The molecule has 2 aromatic carbocycles. The molecular formula is C26H30F2N4O3S. The number of aromatic nitrogens is 2. The van der Waals surface area contributed by atoms with Crippen LogP contribution in [0.3, 0.4) is 0 Å². The molecule has 1 aliphatic heterocycles. The van der Waals surface area contributed by atoms with Crippen molar-refractivity contribution in [1.29, 1.82) is 0 Å². The van der Waals surface area contributed by atoms with E-state index in [4.69, 9.17) is 9.84 Å². The predicted octanol–water partition coefficient (Wildman–Crippen LogP) is 4.02. The Hall–Kier alpha value is -2.95. The molecule has 1 saturated heterocycles. The van der Waals surface area contributed by atoms with Crippen molar-refractivity contribution in [3.63, 3.8) is 0 Å². The van der Waals surface area contributed by atoms with Gasteiger partial charge in [0.05, 0.1) is 18.5 Å². The second-order valence-corrected chi connectivity index (χ2v) is 9.57. The molecule has 0 radical (unpaired) electrons. The molecule has 0 unspecified atom stereocenters. The number of nitrogens with zero attached hydrogens (tertiary/aromatic N) is 4. The zero-order chi connectivity index (χ0) is 25.3. The molecule has 1 aliphatic rings. The highest BCUT2D eigenvalue weighted by Gasteiger charge is 2.24. The number of aliphatic hydroxyl groups excluding tert-OH is 1. The number of unbranched alkanes of at least 4 members (excludes halogenated alkanes) is 2. The molecule has 1 N–H and O–H groups in total. The third-order valence-electron chi connectivity index (χ3n) is 5.89. The van der Waals surface area contributed by atoms with Crippen LogP contribution in [-0.2, 0) is 5.75 Å². The number of piperazine rings is 1. The van der Waals surface area contributed by atoms with Crippen LogP contribution in [0.1, 0.15) is 24.8 Å². The van der Waals surface area contributed by atoms with E-state index >= 15 is 0 Å². The van der Waals surface area contributed by atoms with E-state index in [1.54, 1.807) is 11.9 Å². The van der Waals surface area contributed by atoms with Crippen LogP contribution < -0.4 is 15.2 Å². The summed E-state index contributed by atoms with van der Waals surface area (Å²) in [6.45, 7) is 3.35. The molecule has 0 spiro atoms. The van der Waals surface area contributed by atoms with Crippen molar-refractivity contribution in [1.82, 2.24) is 14.1 Å². The summed E-state index contributed by atoms with van der Waals surface area (Å²) in [7, 11) is 0. The molecule has 2 heterocycles.